The lowest BCUT2D eigenvalue weighted by molar-refractivity contribution is 0.0786. The molecule has 0 bridgehead atoms. The maximum absolute atomic E-state index is 9.76. The van der Waals surface area contributed by atoms with Crippen molar-refractivity contribution < 1.29 is 5.11 Å². The van der Waals surface area contributed by atoms with Crippen LogP contribution in [0.1, 0.15) is 31.4 Å². The van der Waals surface area contributed by atoms with Crippen LogP contribution < -0.4 is 0 Å². The maximum atomic E-state index is 9.76. The molecule has 0 fully saturated rings. The maximum Gasteiger partial charge on any atom is 0.0840 e. The smallest absolute Gasteiger partial charge is 0.0840 e. The Hall–Kier alpha value is -0.603. The lowest BCUT2D eigenvalue weighted by atomic mass is 9.96. The Morgan fingerprint density at radius 3 is 2.21 bits per heavy atom. The van der Waals surface area contributed by atoms with Gasteiger partial charge in [0.2, 0.25) is 0 Å². The Labute approximate surface area is 89.6 Å². The highest BCUT2D eigenvalue weighted by molar-refractivity contribution is 6.08. The first-order valence-corrected chi connectivity index (χ1v) is 6.77. The third kappa shape index (κ3) is 3.27. The van der Waals surface area contributed by atoms with E-state index in [2.05, 4.69) is 12.1 Å². The first-order valence-electron chi connectivity index (χ1n) is 5.36. The van der Waals surface area contributed by atoms with Crippen LogP contribution in [0.15, 0.2) is 24.3 Å². The van der Waals surface area contributed by atoms with Crippen LogP contribution in [0.4, 0.5) is 0 Å². The van der Waals surface area contributed by atoms with Gasteiger partial charge < -0.3 is 5.11 Å². The zero-order valence-electron chi connectivity index (χ0n) is 9.38. The fraction of sp³-hybridized carbons (Fsp3) is 0.500. The standard InChI is InChI=1S/C12H20OSi/c1-12(2,13)11-7-5-10(6-8-11)4-3-9-14/h5-8,13H,3-4,9H2,1-2,14H3. The van der Waals surface area contributed by atoms with E-state index < -0.39 is 5.60 Å². The summed E-state index contributed by atoms with van der Waals surface area (Å²) in [5, 5.41) is 9.76. The second-order valence-electron chi connectivity index (χ2n) is 4.36. The molecule has 0 spiro atoms. The summed E-state index contributed by atoms with van der Waals surface area (Å²) in [6, 6.07) is 9.69. The van der Waals surface area contributed by atoms with Crippen molar-refractivity contribution in [2.75, 3.05) is 0 Å². The second kappa shape index (κ2) is 4.76. The molecule has 0 aliphatic rings. The fourth-order valence-electron chi connectivity index (χ4n) is 1.46. The van der Waals surface area contributed by atoms with E-state index in [4.69, 9.17) is 0 Å². The summed E-state index contributed by atoms with van der Waals surface area (Å²) in [5.41, 5.74) is 1.66. The van der Waals surface area contributed by atoms with Crippen LogP contribution in [0.2, 0.25) is 6.04 Å². The Bertz CT molecular complexity index is 271. The highest BCUT2D eigenvalue weighted by Crippen LogP contribution is 2.20. The predicted octanol–water partition coefficient (Wildman–Crippen LogP) is 1.63. The van der Waals surface area contributed by atoms with Gasteiger partial charge in [0.25, 0.3) is 0 Å². The average Bonchev–Trinajstić information content (AvgIpc) is 2.14. The first kappa shape index (κ1) is 11.5. The van der Waals surface area contributed by atoms with Crippen LogP contribution in [0.25, 0.3) is 0 Å². The van der Waals surface area contributed by atoms with Crippen molar-refractivity contribution in [3.05, 3.63) is 35.4 Å². The molecule has 1 rings (SSSR count). The molecule has 0 unspecified atom stereocenters. The normalized spacial score (nSPS) is 11.9. The van der Waals surface area contributed by atoms with Crippen molar-refractivity contribution in [2.45, 2.75) is 38.3 Å². The minimum Gasteiger partial charge on any atom is -0.386 e. The zero-order chi connectivity index (χ0) is 10.6. The molecule has 0 saturated heterocycles. The summed E-state index contributed by atoms with van der Waals surface area (Å²) in [5.74, 6) is 0. The molecule has 14 heavy (non-hydrogen) atoms. The number of hydrogen-bond donors (Lipinski definition) is 1. The third-order valence-electron chi connectivity index (χ3n) is 2.48. The molecule has 2 heteroatoms. The minimum atomic E-state index is -0.712. The molecule has 0 heterocycles. The molecule has 0 atom stereocenters. The largest absolute Gasteiger partial charge is 0.386 e. The molecule has 0 aromatic heterocycles. The van der Waals surface area contributed by atoms with Gasteiger partial charge in [-0.2, -0.15) is 0 Å². The van der Waals surface area contributed by atoms with Gasteiger partial charge in [-0.1, -0.05) is 36.7 Å². The fourth-order valence-corrected chi connectivity index (χ4v) is 1.81. The molecular formula is C12H20OSi. The molecule has 0 amide bonds. The van der Waals surface area contributed by atoms with Crippen LogP contribution in [0.3, 0.4) is 0 Å². The van der Waals surface area contributed by atoms with Gasteiger partial charge in [0.05, 0.1) is 5.60 Å². The lowest BCUT2D eigenvalue weighted by Gasteiger charge is -2.17. The lowest BCUT2D eigenvalue weighted by Crippen LogP contribution is -2.15. The number of rotatable bonds is 4. The van der Waals surface area contributed by atoms with Crippen LogP contribution in [0, 0.1) is 0 Å². The van der Waals surface area contributed by atoms with Crippen molar-refractivity contribution >= 4 is 10.2 Å². The molecule has 0 saturated carbocycles. The molecule has 1 aromatic carbocycles. The van der Waals surface area contributed by atoms with Crippen molar-refractivity contribution in [2.24, 2.45) is 0 Å². The zero-order valence-corrected chi connectivity index (χ0v) is 11.4. The van der Waals surface area contributed by atoms with E-state index >= 15 is 0 Å². The Morgan fingerprint density at radius 2 is 1.79 bits per heavy atom. The van der Waals surface area contributed by atoms with E-state index in [0.29, 0.717) is 0 Å². The van der Waals surface area contributed by atoms with Gasteiger partial charge in [0.1, 0.15) is 0 Å². The SMILES string of the molecule is CC(C)(O)c1ccc(CCC[SiH3])cc1. The first-order chi connectivity index (χ1) is 6.54. The van der Waals surface area contributed by atoms with Gasteiger partial charge in [-0.3, -0.25) is 0 Å². The molecule has 0 aliphatic heterocycles. The molecule has 78 valence electrons. The van der Waals surface area contributed by atoms with Gasteiger partial charge in [-0.25, -0.2) is 0 Å². The van der Waals surface area contributed by atoms with Crippen molar-refractivity contribution in [1.82, 2.24) is 0 Å². The van der Waals surface area contributed by atoms with E-state index in [1.165, 1.54) is 34.7 Å². The highest BCUT2D eigenvalue weighted by atomic mass is 28.1. The van der Waals surface area contributed by atoms with E-state index in [9.17, 15) is 5.11 Å². The van der Waals surface area contributed by atoms with E-state index in [-0.39, 0.29) is 0 Å². The molecule has 1 nitrogen and oxygen atoms in total. The molecular weight excluding hydrogens is 188 g/mol. The third-order valence-corrected chi connectivity index (χ3v) is 3.19. The summed E-state index contributed by atoms with van der Waals surface area (Å²) in [7, 11) is 1.30. The average molecular weight is 208 g/mol. The number of hydrogen-bond acceptors (Lipinski definition) is 1. The highest BCUT2D eigenvalue weighted by Gasteiger charge is 2.14. The Balaban J connectivity index is 2.69. The van der Waals surface area contributed by atoms with Crippen LogP contribution in [0.5, 0.6) is 0 Å². The second-order valence-corrected chi connectivity index (χ2v) is 5.36. The van der Waals surface area contributed by atoms with E-state index in [1.54, 1.807) is 0 Å². The summed E-state index contributed by atoms with van der Waals surface area (Å²) in [6.07, 6.45) is 2.48. The number of aliphatic hydroxyl groups is 1. The van der Waals surface area contributed by atoms with E-state index in [1.807, 2.05) is 26.0 Å². The van der Waals surface area contributed by atoms with Gasteiger partial charge in [0.15, 0.2) is 0 Å². The van der Waals surface area contributed by atoms with Crippen molar-refractivity contribution in [1.29, 1.82) is 0 Å². The van der Waals surface area contributed by atoms with E-state index in [0.717, 1.165) is 5.56 Å². The number of aryl methyl sites for hydroxylation is 1. The quantitative estimate of drug-likeness (QED) is 0.746. The van der Waals surface area contributed by atoms with Gasteiger partial charge in [0, 0.05) is 10.2 Å². The Morgan fingerprint density at radius 1 is 1.21 bits per heavy atom. The van der Waals surface area contributed by atoms with Crippen LogP contribution in [-0.2, 0) is 12.0 Å². The van der Waals surface area contributed by atoms with Crippen molar-refractivity contribution in [3.8, 4) is 0 Å². The summed E-state index contributed by atoms with van der Waals surface area (Å²) >= 11 is 0. The molecule has 0 radical (unpaired) electrons. The summed E-state index contributed by atoms with van der Waals surface area (Å²) in [4.78, 5) is 0. The summed E-state index contributed by atoms with van der Waals surface area (Å²) < 4.78 is 0. The van der Waals surface area contributed by atoms with Crippen molar-refractivity contribution in [3.63, 3.8) is 0 Å². The van der Waals surface area contributed by atoms with Crippen LogP contribution >= 0.6 is 0 Å². The van der Waals surface area contributed by atoms with Gasteiger partial charge in [-0.05, 0) is 31.4 Å². The summed E-state index contributed by atoms with van der Waals surface area (Å²) in [6.45, 7) is 3.64. The van der Waals surface area contributed by atoms with Gasteiger partial charge in [-0.15, -0.1) is 0 Å². The monoisotopic (exact) mass is 208 g/mol. The topological polar surface area (TPSA) is 20.2 Å². The minimum absolute atomic E-state index is 0.712. The molecule has 0 aliphatic carbocycles. The Kier molecular flexibility index (Phi) is 3.90. The predicted molar refractivity (Wildman–Crippen MR) is 64.8 cm³/mol. The number of benzene rings is 1. The van der Waals surface area contributed by atoms with Crippen LogP contribution in [-0.4, -0.2) is 15.3 Å². The molecule has 1 N–H and O–H groups in total. The molecule has 1 aromatic rings. The van der Waals surface area contributed by atoms with Gasteiger partial charge >= 0.3 is 0 Å².